The molecule has 6 heteroatoms. The first kappa shape index (κ1) is 17.9. The van der Waals surface area contributed by atoms with Gasteiger partial charge in [-0.25, -0.2) is 4.98 Å². The van der Waals surface area contributed by atoms with Crippen molar-refractivity contribution in [1.29, 1.82) is 0 Å². The number of hydrogen-bond acceptors (Lipinski definition) is 5. The lowest BCUT2D eigenvalue weighted by Crippen LogP contribution is -2.20. The standard InChI is InChI=1S/C20H23N3O3/c1-4-6-9-15(24)17-18(25)16(26-20(17)23(3)5-2)11-13-12-22-19-14(13)8-7-10-21-19/h7-8,10-12H,4-6,9H2,1-3H3,(H,21,22)/b16-11-. The van der Waals surface area contributed by atoms with Crippen molar-refractivity contribution in [3.05, 3.63) is 47.3 Å². The van der Waals surface area contributed by atoms with E-state index in [2.05, 4.69) is 9.97 Å². The zero-order valence-corrected chi connectivity index (χ0v) is 15.3. The van der Waals surface area contributed by atoms with Crippen molar-refractivity contribution in [3.8, 4) is 0 Å². The topological polar surface area (TPSA) is 75.3 Å². The monoisotopic (exact) mass is 353 g/mol. The molecule has 2 aromatic rings. The molecule has 0 aliphatic carbocycles. The third-order valence-corrected chi connectivity index (χ3v) is 4.50. The zero-order chi connectivity index (χ0) is 18.7. The number of H-pyrrole nitrogens is 1. The summed E-state index contributed by atoms with van der Waals surface area (Å²) >= 11 is 0. The summed E-state index contributed by atoms with van der Waals surface area (Å²) in [6.07, 6.45) is 7.16. The largest absolute Gasteiger partial charge is 0.436 e. The predicted molar refractivity (Wildman–Crippen MR) is 100 cm³/mol. The van der Waals surface area contributed by atoms with Gasteiger partial charge in [0.25, 0.3) is 0 Å². The second kappa shape index (κ2) is 7.56. The van der Waals surface area contributed by atoms with E-state index in [9.17, 15) is 9.59 Å². The Balaban J connectivity index is 1.97. The molecule has 0 saturated carbocycles. The smallest absolute Gasteiger partial charge is 0.237 e. The van der Waals surface area contributed by atoms with Gasteiger partial charge in [0, 0.05) is 43.4 Å². The number of ether oxygens (including phenoxy) is 1. The second-order valence-electron chi connectivity index (χ2n) is 6.30. The summed E-state index contributed by atoms with van der Waals surface area (Å²) in [6.45, 7) is 4.60. The maximum atomic E-state index is 12.9. The molecule has 6 nitrogen and oxygen atoms in total. The van der Waals surface area contributed by atoms with Crippen LogP contribution >= 0.6 is 0 Å². The van der Waals surface area contributed by atoms with E-state index >= 15 is 0 Å². The number of pyridine rings is 1. The van der Waals surface area contributed by atoms with Crippen LogP contribution in [0.5, 0.6) is 0 Å². The molecule has 0 bridgehead atoms. The lowest BCUT2D eigenvalue weighted by molar-refractivity contribution is -0.119. The summed E-state index contributed by atoms with van der Waals surface area (Å²) in [5.74, 6) is 0.0171. The molecule has 1 N–H and O–H groups in total. The van der Waals surface area contributed by atoms with Gasteiger partial charge in [-0.3, -0.25) is 9.59 Å². The Morgan fingerprint density at radius 3 is 2.92 bits per heavy atom. The van der Waals surface area contributed by atoms with Crippen LogP contribution in [0.2, 0.25) is 0 Å². The van der Waals surface area contributed by atoms with Gasteiger partial charge < -0.3 is 14.6 Å². The van der Waals surface area contributed by atoms with Gasteiger partial charge in [0.1, 0.15) is 11.2 Å². The Labute approximate surface area is 152 Å². The van der Waals surface area contributed by atoms with E-state index in [4.69, 9.17) is 4.74 Å². The van der Waals surface area contributed by atoms with Crippen LogP contribution in [0.3, 0.4) is 0 Å². The van der Waals surface area contributed by atoms with Gasteiger partial charge in [0.2, 0.25) is 11.7 Å². The minimum atomic E-state index is -0.348. The van der Waals surface area contributed by atoms with E-state index in [-0.39, 0.29) is 22.9 Å². The number of fused-ring (bicyclic) bond motifs is 1. The maximum absolute atomic E-state index is 12.9. The van der Waals surface area contributed by atoms with Gasteiger partial charge in [0.05, 0.1) is 0 Å². The number of hydrogen-bond donors (Lipinski definition) is 1. The Morgan fingerprint density at radius 1 is 1.38 bits per heavy atom. The van der Waals surface area contributed by atoms with Gasteiger partial charge >= 0.3 is 0 Å². The number of unbranched alkanes of at least 4 members (excludes halogenated alkanes) is 1. The molecule has 1 aliphatic heterocycles. The fraction of sp³-hybridized carbons (Fsp3) is 0.350. The fourth-order valence-electron chi connectivity index (χ4n) is 2.88. The van der Waals surface area contributed by atoms with Crippen LogP contribution in [-0.2, 0) is 14.3 Å². The van der Waals surface area contributed by atoms with E-state index in [1.54, 1.807) is 23.4 Å². The van der Waals surface area contributed by atoms with Gasteiger partial charge in [-0.2, -0.15) is 0 Å². The van der Waals surface area contributed by atoms with Crippen LogP contribution in [0, 0.1) is 0 Å². The summed E-state index contributed by atoms with van der Waals surface area (Å²) < 4.78 is 5.82. The molecule has 0 aromatic carbocycles. The molecule has 1 aliphatic rings. The van der Waals surface area contributed by atoms with Gasteiger partial charge in [-0.15, -0.1) is 0 Å². The molecule has 0 unspecified atom stereocenters. The Bertz CT molecular complexity index is 908. The third kappa shape index (κ3) is 3.27. The quantitative estimate of drug-likeness (QED) is 0.610. The third-order valence-electron chi connectivity index (χ3n) is 4.50. The molecule has 26 heavy (non-hydrogen) atoms. The Hall–Kier alpha value is -2.89. The molecule has 0 radical (unpaired) electrons. The number of carbonyl (C=O) groups excluding carboxylic acids is 2. The van der Waals surface area contributed by atoms with Crippen molar-refractivity contribution in [2.45, 2.75) is 33.1 Å². The van der Waals surface area contributed by atoms with Gasteiger partial charge in [0.15, 0.2) is 11.5 Å². The normalized spacial score (nSPS) is 15.8. The SMILES string of the molecule is CCCCC(=O)C1=C(N(C)CC)O/C(=C\c2c[nH]c3ncccc23)C1=O. The van der Waals surface area contributed by atoms with Crippen LogP contribution in [-0.4, -0.2) is 40.0 Å². The molecule has 0 fully saturated rings. The first-order valence-electron chi connectivity index (χ1n) is 8.91. The number of nitrogens with one attached hydrogen (secondary N) is 1. The van der Waals surface area contributed by atoms with Crippen molar-refractivity contribution in [2.24, 2.45) is 0 Å². The van der Waals surface area contributed by atoms with Crippen molar-refractivity contribution < 1.29 is 14.3 Å². The first-order valence-corrected chi connectivity index (χ1v) is 8.91. The van der Waals surface area contributed by atoms with Crippen molar-refractivity contribution in [2.75, 3.05) is 13.6 Å². The number of nitrogens with zero attached hydrogens (tertiary/aromatic N) is 2. The lowest BCUT2D eigenvalue weighted by Gasteiger charge is -2.17. The van der Waals surface area contributed by atoms with E-state index in [1.165, 1.54) is 0 Å². The van der Waals surface area contributed by atoms with Crippen LogP contribution < -0.4 is 0 Å². The molecule has 3 rings (SSSR count). The summed E-state index contributed by atoms with van der Waals surface area (Å²) in [7, 11) is 1.81. The molecule has 0 amide bonds. The molecule has 3 heterocycles. The average Bonchev–Trinajstić information content (AvgIpc) is 3.21. The average molecular weight is 353 g/mol. The number of aromatic nitrogens is 2. The molecular formula is C20H23N3O3. The molecule has 136 valence electrons. The summed E-state index contributed by atoms with van der Waals surface area (Å²) in [4.78, 5) is 34.6. The summed E-state index contributed by atoms with van der Waals surface area (Å²) in [5, 5.41) is 0.896. The maximum Gasteiger partial charge on any atom is 0.237 e. The number of Topliss-reactive ketones (excluding diaryl/α,β-unsaturated/α-hetero) is 2. The van der Waals surface area contributed by atoms with Crippen molar-refractivity contribution in [1.82, 2.24) is 14.9 Å². The minimum absolute atomic E-state index is 0.156. The molecular weight excluding hydrogens is 330 g/mol. The van der Waals surface area contributed by atoms with Crippen LogP contribution in [0.25, 0.3) is 17.1 Å². The number of rotatable bonds is 7. The molecule has 0 spiro atoms. The zero-order valence-electron chi connectivity index (χ0n) is 15.3. The Kier molecular flexibility index (Phi) is 5.21. The van der Waals surface area contributed by atoms with E-state index in [0.29, 0.717) is 18.8 Å². The molecule has 0 saturated heterocycles. The van der Waals surface area contributed by atoms with Crippen molar-refractivity contribution in [3.63, 3.8) is 0 Å². The summed E-state index contributed by atoms with van der Waals surface area (Å²) in [5.41, 5.74) is 1.70. The lowest BCUT2D eigenvalue weighted by atomic mass is 10.0. The van der Waals surface area contributed by atoms with E-state index in [0.717, 1.165) is 29.4 Å². The highest BCUT2D eigenvalue weighted by Gasteiger charge is 2.36. The molecule has 2 aromatic heterocycles. The van der Waals surface area contributed by atoms with Gasteiger partial charge in [-0.1, -0.05) is 13.3 Å². The first-order chi connectivity index (χ1) is 12.6. The molecule has 0 atom stereocenters. The minimum Gasteiger partial charge on any atom is -0.436 e. The van der Waals surface area contributed by atoms with Gasteiger partial charge in [-0.05, 0) is 31.6 Å². The number of allylic oxidation sites excluding steroid dienone is 1. The Morgan fingerprint density at radius 2 is 2.19 bits per heavy atom. The number of carbonyl (C=O) groups is 2. The highest BCUT2D eigenvalue weighted by Crippen LogP contribution is 2.31. The highest BCUT2D eigenvalue weighted by atomic mass is 16.5. The van der Waals surface area contributed by atoms with Crippen LogP contribution in [0.1, 0.15) is 38.7 Å². The van der Waals surface area contributed by atoms with Crippen LogP contribution in [0.15, 0.2) is 41.7 Å². The van der Waals surface area contributed by atoms with Crippen molar-refractivity contribution >= 4 is 28.7 Å². The fourth-order valence-corrected chi connectivity index (χ4v) is 2.88. The number of ketones is 2. The van der Waals surface area contributed by atoms with Crippen LogP contribution in [0.4, 0.5) is 0 Å². The van der Waals surface area contributed by atoms with E-state index < -0.39 is 0 Å². The van der Waals surface area contributed by atoms with E-state index in [1.807, 2.05) is 33.0 Å². The highest BCUT2D eigenvalue weighted by molar-refractivity contribution is 6.28. The summed E-state index contributed by atoms with van der Waals surface area (Å²) in [6, 6.07) is 3.76. The predicted octanol–water partition coefficient (Wildman–Crippen LogP) is 3.43. The second-order valence-corrected chi connectivity index (χ2v) is 6.30. The number of aromatic amines is 1.